The number of carbonyl (C=O) groups excluding carboxylic acids is 1. The average molecular weight is 384 g/mol. The summed E-state index contributed by atoms with van der Waals surface area (Å²) in [6, 6.07) is 11.9. The van der Waals surface area contributed by atoms with E-state index >= 15 is 0 Å². The van der Waals surface area contributed by atoms with Gasteiger partial charge >= 0.3 is 6.18 Å². The Balaban J connectivity index is 1.92. The van der Waals surface area contributed by atoms with Gasteiger partial charge in [0.1, 0.15) is 18.1 Å². The zero-order valence-electron chi connectivity index (χ0n) is 13.0. The summed E-state index contributed by atoms with van der Waals surface area (Å²) in [5.41, 5.74) is -0.0813. The second kappa shape index (κ2) is 6.92. The molecule has 0 radical (unpaired) electrons. The molecule has 0 saturated heterocycles. The maximum Gasteiger partial charge on any atom is 0.429 e. The lowest BCUT2D eigenvalue weighted by Gasteiger charge is -2.30. The van der Waals surface area contributed by atoms with Crippen molar-refractivity contribution in [2.75, 3.05) is 0 Å². The third kappa shape index (κ3) is 3.77. The number of ether oxygens (including phenoxy) is 2. The van der Waals surface area contributed by atoms with Gasteiger partial charge in [0.05, 0.1) is 11.0 Å². The van der Waals surface area contributed by atoms with Crippen molar-refractivity contribution in [2.45, 2.75) is 18.9 Å². The molecule has 136 valence electrons. The number of rotatable bonds is 4. The maximum atomic E-state index is 13.0. The quantitative estimate of drug-likeness (QED) is 0.812. The van der Waals surface area contributed by atoms with Gasteiger partial charge in [-0.1, -0.05) is 41.9 Å². The molecule has 26 heavy (non-hydrogen) atoms. The first kappa shape index (κ1) is 18.1. The summed E-state index contributed by atoms with van der Waals surface area (Å²) in [4.78, 5) is 11.1. The number of aliphatic carboxylic acids is 1. The summed E-state index contributed by atoms with van der Waals surface area (Å²) in [6.07, 6.45) is -6.73. The number of carbonyl (C=O) groups is 1. The first-order valence-electron chi connectivity index (χ1n) is 7.42. The van der Waals surface area contributed by atoms with E-state index in [2.05, 4.69) is 0 Å². The topological polar surface area (TPSA) is 58.6 Å². The van der Waals surface area contributed by atoms with E-state index in [0.29, 0.717) is 0 Å². The van der Waals surface area contributed by atoms with Crippen LogP contribution >= 0.6 is 11.6 Å². The first-order chi connectivity index (χ1) is 12.3. The number of halogens is 4. The van der Waals surface area contributed by atoms with Gasteiger partial charge in [-0.3, -0.25) is 0 Å². The molecule has 1 atom stereocenters. The van der Waals surface area contributed by atoms with Crippen molar-refractivity contribution in [3.05, 3.63) is 64.2 Å². The number of hydrogen-bond acceptors (Lipinski definition) is 4. The van der Waals surface area contributed by atoms with Crippen LogP contribution in [-0.4, -0.2) is 18.2 Å². The number of fused-ring (bicyclic) bond motifs is 1. The first-order valence-corrected chi connectivity index (χ1v) is 7.80. The van der Waals surface area contributed by atoms with E-state index < -0.39 is 23.8 Å². The highest BCUT2D eigenvalue weighted by Gasteiger charge is 2.46. The number of benzene rings is 2. The Bertz CT molecular complexity index is 863. The van der Waals surface area contributed by atoms with Crippen LogP contribution in [0.25, 0.3) is 6.08 Å². The minimum Gasteiger partial charge on any atom is -0.545 e. The van der Waals surface area contributed by atoms with E-state index in [1.54, 1.807) is 0 Å². The molecule has 1 heterocycles. The molecule has 4 nitrogen and oxygen atoms in total. The zero-order chi connectivity index (χ0) is 18.9. The van der Waals surface area contributed by atoms with Crippen molar-refractivity contribution in [1.82, 2.24) is 0 Å². The summed E-state index contributed by atoms with van der Waals surface area (Å²) >= 11 is 6.01. The number of carboxylic acid groups (broad SMARTS) is 1. The molecule has 0 bridgehead atoms. The van der Waals surface area contributed by atoms with Gasteiger partial charge in [-0.15, -0.1) is 0 Å². The normalized spacial score (nSPS) is 16.3. The fourth-order valence-corrected chi connectivity index (χ4v) is 2.74. The van der Waals surface area contributed by atoms with Crippen LogP contribution in [-0.2, 0) is 11.4 Å². The summed E-state index contributed by atoms with van der Waals surface area (Å²) in [5.74, 6) is -1.96. The standard InChI is InChI=1S/C18H12ClF3O4/c19-14-8-12(25-9-10-4-2-1-3-5-10)6-11-7-13(17(23)24)16(18(20,21)22)26-15(11)14/h1-8,16H,9H2,(H,23,24)/p-1. The summed E-state index contributed by atoms with van der Waals surface area (Å²) < 4.78 is 49.5. The largest absolute Gasteiger partial charge is 0.545 e. The molecule has 0 aromatic heterocycles. The molecule has 1 unspecified atom stereocenters. The smallest absolute Gasteiger partial charge is 0.429 e. The van der Waals surface area contributed by atoms with Crippen molar-refractivity contribution in [2.24, 2.45) is 0 Å². The van der Waals surface area contributed by atoms with E-state index in [9.17, 15) is 23.1 Å². The average Bonchev–Trinajstić information content (AvgIpc) is 2.59. The molecule has 2 aromatic carbocycles. The molecule has 1 aliphatic rings. The number of carboxylic acids is 1. The lowest BCUT2D eigenvalue weighted by Crippen LogP contribution is -2.44. The lowest BCUT2D eigenvalue weighted by molar-refractivity contribution is -0.302. The van der Waals surface area contributed by atoms with Gasteiger partial charge in [-0.25, -0.2) is 0 Å². The van der Waals surface area contributed by atoms with Crippen LogP contribution in [0.1, 0.15) is 11.1 Å². The second-order valence-electron chi connectivity index (χ2n) is 5.52. The highest BCUT2D eigenvalue weighted by atomic mass is 35.5. The van der Waals surface area contributed by atoms with E-state index in [4.69, 9.17) is 21.1 Å². The van der Waals surface area contributed by atoms with Crippen molar-refractivity contribution in [1.29, 1.82) is 0 Å². The molecule has 0 amide bonds. The van der Waals surface area contributed by atoms with Crippen molar-refractivity contribution < 1.29 is 32.5 Å². The van der Waals surface area contributed by atoms with Gasteiger partial charge in [0.15, 0.2) is 0 Å². The Morgan fingerprint density at radius 1 is 1.23 bits per heavy atom. The van der Waals surface area contributed by atoms with E-state index in [1.807, 2.05) is 30.3 Å². The molecule has 8 heteroatoms. The molecule has 3 rings (SSSR count). The minimum absolute atomic E-state index is 0.0697. The molecule has 2 aromatic rings. The van der Waals surface area contributed by atoms with Crippen LogP contribution < -0.4 is 14.6 Å². The monoisotopic (exact) mass is 383 g/mol. The van der Waals surface area contributed by atoms with E-state index in [-0.39, 0.29) is 28.7 Å². The molecule has 0 saturated carbocycles. The van der Waals surface area contributed by atoms with E-state index in [1.165, 1.54) is 12.1 Å². The molecule has 0 spiro atoms. The highest BCUT2D eigenvalue weighted by molar-refractivity contribution is 6.32. The second-order valence-corrected chi connectivity index (χ2v) is 5.93. The zero-order valence-corrected chi connectivity index (χ0v) is 13.8. The molecular formula is C18H11ClF3O4-. The van der Waals surface area contributed by atoms with Gasteiger partial charge in [0, 0.05) is 17.2 Å². The Kier molecular flexibility index (Phi) is 4.82. The van der Waals surface area contributed by atoms with Crippen LogP contribution in [0.3, 0.4) is 0 Å². The van der Waals surface area contributed by atoms with Crippen LogP contribution in [0.5, 0.6) is 11.5 Å². The van der Waals surface area contributed by atoms with Gasteiger partial charge in [0.2, 0.25) is 6.10 Å². The number of hydrogen-bond donors (Lipinski definition) is 0. The van der Waals surface area contributed by atoms with Crippen molar-refractivity contribution in [3.63, 3.8) is 0 Å². The Morgan fingerprint density at radius 2 is 1.92 bits per heavy atom. The van der Waals surface area contributed by atoms with Crippen LogP contribution in [0.15, 0.2) is 48.0 Å². The van der Waals surface area contributed by atoms with Crippen LogP contribution in [0.4, 0.5) is 13.2 Å². The maximum absolute atomic E-state index is 13.0. The lowest BCUT2D eigenvalue weighted by atomic mass is 10.0. The fraction of sp³-hybridized carbons (Fsp3) is 0.167. The molecule has 1 aliphatic heterocycles. The molecular weight excluding hydrogens is 373 g/mol. The van der Waals surface area contributed by atoms with Crippen molar-refractivity contribution >= 4 is 23.6 Å². The third-order valence-corrected chi connectivity index (χ3v) is 3.94. The predicted octanol–water partition coefficient (Wildman–Crippen LogP) is 3.38. The summed E-state index contributed by atoms with van der Waals surface area (Å²) in [6.45, 7) is 0.207. The molecule has 0 aliphatic carbocycles. The predicted molar refractivity (Wildman–Crippen MR) is 85.7 cm³/mol. The minimum atomic E-state index is -4.92. The molecule has 0 fully saturated rings. The highest BCUT2D eigenvalue weighted by Crippen LogP contribution is 2.42. The Morgan fingerprint density at radius 3 is 2.54 bits per heavy atom. The Labute approximate surface area is 151 Å². The Hall–Kier alpha value is -2.67. The third-order valence-electron chi connectivity index (χ3n) is 3.66. The fourth-order valence-electron chi connectivity index (χ4n) is 2.48. The number of alkyl halides is 3. The van der Waals surface area contributed by atoms with Gasteiger partial charge < -0.3 is 19.4 Å². The van der Waals surface area contributed by atoms with Gasteiger partial charge in [-0.2, -0.15) is 13.2 Å². The summed E-state index contributed by atoms with van der Waals surface area (Å²) in [5, 5.41) is 11.0. The van der Waals surface area contributed by atoms with Crippen LogP contribution in [0, 0.1) is 0 Å². The van der Waals surface area contributed by atoms with Gasteiger partial charge in [-0.05, 0) is 17.7 Å². The molecule has 0 N–H and O–H groups in total. The van der Waals surface area contributed by atoms with Gasteiger partial charge in [0.25, 0.3) is 0 Å². The van der Waals surface area contributed by atoms with Crippen LogP contribution in [0.2, 0.25) is 5.02 Å². The van der Waals surface area contributed by atoms with Crippen molar-refractivity contribution in [3.8, 4) is 11.5 Å². The van der Waals surface area contributed by atoms with E-state index in [0.717, 1.165) is 11.6 Å². The summed E-state index contributed by atoms with van der Waals surface area (Å²) in [7, 11) is 0. The SMILES string of the molecule is O=C([O-])C1=Cc2cc(OCc3ccccc3)cc(Cl)c2OC1C(F)(F)F.